The molecule has 2 amide bonds. The van der Waals surface area contributed by atoms with Gasteiger partial charge in [0.05, 0.1) is 11.4 Å². The first kappa shape index (κ1) is 20.2. The Hall–Kier alpha value is -4.13. The molecule has 0 radical (unpaired) electrons. The van der Waals surface area contributed by atoms with Crippen molar-refractivity contribution in [2.75, 3.05) is 4.90 Å². The fraction of sp³-hybridized carbons (Fsp3) is 0.125. The molecule has 4 rings (SSSR count). The molecule has 0 saturated carbocycles. The molecule has 3 aromatic carbocycles. The molecule has 0 spiro atoms. The highest BCUT2D eigenvalue weighted by atomic mass is 16.6. The Morgan fingerprint density at radius 3 is 2.29 bits per heavy atom. The van der Waals surface area contributed by atoms with Crippen LogP contribution in [-0.4, -0.2) is 18.0 Å². The van der Waals surface area contributed by atoms with Gasteiger partial charge in [-0.05, 0) is 29.8 Å². The number of ether oxygens (including phenoxy) is 2. The lowest BCUT2D eigenvalue weighted by molar-refractivity contribution is -0.131. The third-order valence-corrected chi connectivity index (χ3v) is 4.99. The van der Waals surface area contributed by atoms with Gasteiger partial charge in [-0.1, -0.05) is 48.5 Å². The van der Waals surface area contributed by atoms with Crippen molar-refractivity contribution in [3.8, 4) is 5.75 Å². The first-order chi connectivity index (χ1) is 15.0. The van der Waals surface area contributed by atoms with Gasteiger partial charge in [0.15, 0.2) is 0 Å². The largest absolute Gasteiger partial charge is 0.453 e. The fourth-order valence-electron chi connectivity index (χ4n) is 3.72. The van der Waals surface area contributed by atoms with Crippen LogP contribution in [0, 0.1) is 0 Å². The number of carbonyl (C=O) groups is 3. The third kappa shape index (κ3) is 3.98. The summed E-state index contributed by atoms with van der Waals surface area (Å²) >= 11 is 0. The van der Waals surface area contributed by atoms with Crippen molar-refractivity contribution in [2.45, 2.75) is 19.4 Å². The number of hydrogen-bond donors (Lipinski definition) is 1. The summed E-state index contributed by atoms with van der Waals surface area (Å²) in [6.07, 6.45) is -0.335. The van der Waals surface area contributed by atoms with Crippen LogP contribution < -0.4 is 15.4 Å². The third-order valence-electron chi connectivity index (χ3n) is 4.99. The van der Waals surface area contributed by atoms with Crippen molar-refractivity contribution in [1.29, 1.82) is 0 Å². The molecule has 0 aromatic heterocycles. The van der Waals surface area contributed by atoms with Crippen molar-refractivity contribution >= 4 is 29.3 Å². The number of para-hydroxylation sites is 3. The molecule has 1 aliphatic heterocycles. The quantitative estimate of drug-likeness (QED) is 0.507. The first-order valence-corrected chi connectivity index (χ1v) is 9.70. The van der Waals surface area contributed by atoms with Crippen LogP contribution in [0.25, 0.3) is 0 Å². The van der Waals surface area contributed by atoms with E-state index in [2.05, 4.69) is 0 Å². The molecule has 1 unspecified atom stereocenters. The molecule has 31 heavy (non-hydrogen) atoms. The topological polar surface area (TPSA) is 98.9 Å². The maximum Gasteiger partial charge on any atom is 0.342 e. The van der Waals surface area contributed by atoms with Crippen LogP contribution in [0.2, 0.25) is 0 Å². The zero-order valence-corrected chi connectivity index (χ0v) is 16.8. The van der Waals surface area contributed by atoms with Crippen molar-refractivity contribution in [1.82, 2.24) is 0 Å². The average Bonchev–Trinajstić information content (AvgIpc) is 2.88. The van der Waals surface area contributed by atoms with Crippen LogP contribution in [0.15, 0.2) is 72.8 Å². The lowest BCUT2D eigenvalue weighted by Gasteiger charge is -2.23. The normalized spacial score (nSPS) is 14.6. The van der Waals surface area contributed by atoms with E-state index in [-0.39, 0.29) is 11.3 Å². The number of fused-ring (bicyclic) bond motifs is 2. The molecule has 1 aliphatic rings. The van der Waals surface area contributed by atoms with Crippen LogP contribution in [0.5, 0.6) is 5.75 Å². The standard InChI is InChI=1S/C24H20N2O5/c1-15(27)30-21-13-7-4-10-18(21)23(28)31-22-14-16-8-2-5-11-19(16)26(24(25)29)20-12-6-3-9-17(20)22/h2-13,22H,14H2,1H3,(H2,25,29). The van der Waals surface area contributed by atoms with Crippen molar-refractivity contribution < 1.29 is 23.9 Å². The monoisotopic (exact) mass is 416 g/mol. The summed E-state index contributed by atoms with van der Waals surface area (Å²) in [5.41, 5.74) is 8.48. The minimum Gasteiger partial charge on any atom is -0.453 e. The van der Waals surface area contributed by atoms with E-state index in [0.29, 0.717) is 23.4 Å². The van der Waals surface area contributed by atoms with Gasteiger partial charge in [0.2, 0.25) is 0 Å². The van der Waals surface area contributed by atoms with Gasteiger partial charge in [0.1, 0.15) is 17.4 Å². The average molecular weight is 416 g/mol. The number of urea groups is 1. The van der Waals surface area contributed by atoms with Crippen molar-refractivity contribution in [3.63, 3.8) is 0 Å². The molecule has 1 heterocycles. The van der Waals surface area contributed by atoms with Crippen LogP contribution in [0.1, 0.15) is 34.5 Å². The van der Waals surface area contributed by atoms with Gasteiger partial charge in [-0.25, -0.2) is 9.59 Å². The number of anilines is 2. The minimum absolute atomic E-state index is 0.126. The Kier molecular flexibility index (Phi) is 5.41. The minimum atomic E-state index is -0.681. The number of rotatable bonds is 3. The Labute approximate surface area is 179 Å². The second kappa shape index (κ2) is 8.31. The van der Waals surface area contributed by atoms with E-state index in [4.69, 9.17) is 15.2 Å². The number of primary amides is 1. The van der Waals surface area contributed by atoms with Gasteiger partial charge in [-0.15, -0.1) is 0 Å². The van der Waals surface area contributed by atoms with E-state index >= 15 is 0 Å². The highest BCUT2D eigenvalue weighted by molar-refractivity contribution is 6.00. The van der Waals surface area contributed by atoms with Gasteiger partial charge < -0.3 is 15.2 Å². The molecule has 156 valence electrons. The van der Waals surface area contributed by atoms with Gasteiger partial charge in [-0.2, -0.15) is 0 Å². The second-order valence-corrected chi connectivity index (χ2v) is 7.05. The summed E-state index contributed by atoms with van der Waals surface area (Å²) in [6.45, 7) is 1.26. The fourth-order valence-corrected chi connectivity index (χ4v) is 3.72. The van der Waals surface area contributed by atoms with Crippen LogP contribution in [0.3, 0.4) is 0 Å². The van der Waals surface area contributed by atoms with Crippen molar-refractivity contribution in [3.05, 3.63) is 89.5 Å². The number of nitrogens with zero attached hydrogens (tertiary/aromatic N) is 1. The van der Waals surface area contributed by atoms with Gasteiger partial charge in [-0.3, -0.25) is 9.69 Å². The number of hydrogen-bond acceptors (Lipinski definition) is 5. The van der Waals surface area contributed by atoms with E-state index in [1.165, 1.54) is 24.0 Å². The molecule has 0 bridgehead atoms. The van der Waals surface area contributed by atoms with Crippen LogP contribution >= 0.6 is 0 Å². The Balaban J connectivity index is 1.76. The highest BCUT2D eigenvalue weighted by Crippen LogP contribution is 2.41. The number of nitrogens with two attached hydrogens (primary N) is 1. The van der Waals surface area contributed by atoms with Crippen LogP contribution in [0.4, 0.5) is 16.2 Å². The Morgan fingerprint density at radius 1 is 0.903 bits per heavy atom. The van der Waals surface area contributed by atoms with Crippen molar-refractivity contribution in [2.24, 2.45) is 5.73 Å². The molecular formula is C24H20N2O5. The smallest absolute Gasteiger partial charge is 0.342 e. The first-order valence-electron chi connectivity index (χ1n) is 9.70. The highest BCUT2D eigenvalue weighted by Gasteiger charge is 2.31. The summed E-state index contributed by atoms with van der Waals surface area (Å²) < 4.78 is 11.0. The Bertz CT molecular complexity index is 1170. The van der Waals surface area contributed by atoms with E-state index < -0.39 is 24.1 Å². The number of benzene rings is 3. The predicted molar refractivity (Wildman–Crippen MR) is 114 cm³/mol. The zero-order chi connectivity index (χ0) is 22.0. The second-order valence-electron chi connectivity index (χ2n) is 7.05. The SMILES string of the molecule is CC(=O)Oc1ccccc1C(=O)OC1Cc2ccccc2N(C(N)=O)c2ccccc21. The maximum absolute atomic E-state index is 13.0. The van der Waals surface area contributed by atoms with E-state index in [1.54, 1.807) is 36.4 Å². The Morgan fingerprint density at radius 2 is 1.55 bits per heavy atom. The summed E-state index contributed by atoms with van der Waals surface area (Å²) in [5.74, 6) is -1.05. The molecule has 3 aromatic rings. The molecule has 1 atom stereocenters. The molecular weight excluding hydrogens is 396 g/mol. The number of esters is 2. The molecule has 0 saturated heterocycles. The number of carbonyl (C=O) groups excluding carboxylic acids is 3. The molecule has 7 heteroatoms. The molecule has 0 aliphatic carbocycles. The van der Waals surface area contributed by atoms with E-state index in [0.717, 1.165) is 5.56 Å². The summed E-state index contributed by atoms with van der Waals surface area (Å²) in [6, 6.07) is 20.3. The van der Waals surface area contributed by atoms with Crippen LogP contribution in [-0.2, 0) is 16.0 Å². The molecule has 2 N–H and O–H groups in total. The maximum atomic E-state index is 13.0. The molecule has 0 fully saturated rings. The van der Waals surface area contributed by atoms with Gasteiger partial charge in [0, 0.05) is 18.9 Å². The van der Waals surface area contributed by atoms with Gasteiger partial charge >= 0.3 is 18.0 Å². The summed E-state index contributed by atoms with van der Waals surface area (Å²) in [7, 11) is 0. The van der Waals surface area contributed by atoms with Gasteiger partial charge in [0.25, 0.3) is 0 Å². The lowest BCUT2D eigenvalue weighted by atomic mass is 10.0. The zero-order valence-electron chi connectivity index (χ0n) is 16.8. The summed E-state index contributed by atoms with van der Waals surface area (Å²) in [5, 5.41) is 0. The molecule has 7 nitrogen and oxygen atoms in total. The number of amides is 2. The van der Waals surface area contributed by atoms with E-state index in [1.807, 2.05) is 24.3 Å². The summed E-state index contributed by atoms with van der Waals surface area (Å²) in [4.78, 5) is 38.2. The predicted octanol–water partition coefficient (Wildman–Crippen LogP) is 4.28. The van der Waals surface area contributed by atoms with E-state index in [9.17, 15) is 14.4 Å². The lowest BCUT2D eigenvalue weighted by Crippen LogP contribution is -2.32.